The number of likely N-dealkylation sites (tertiary alicyclic amines) is 1. The highest BCUT2D eigenvalue weighted by Gasteiger charge is 2.66. The van der Waals surface area contributed by atoms with Gasteiger partial charge in [-0.1, -0.05) is 36.4 Å². The third kappa shape index (κ3) is 2.36. The lowest BCUT2D eigenvalue weighted by Crippen LogP contribution is -2.38. The zero-order chi connectivity index (χ0) is 20.4. The van der Waals surface area contributed by atoms with Crippen LogP contribution in [0, 0.1) is 10.8 Å². The Bertz CT molecular complexity index is 1170. The summed E-state index contributed by atoms with van der Waals surface area (Å²) >= 11 is 0. The van der Waals surface area contributed by atoms with Crippen molar-refractivity contribution in [3.63, 3.8) is 0 Å². The van der Waals surface area contributed by atoms with E-state index in [4.69, 9.17) is 0 Å². The summed E-state index contributed by atoms with van der Waals surface area (Å²) in [6.07, 6.45) is 0. The number of nitrogens with one attached hydrogen (secondary N) is 2. The van der Waals surface area contributed by atoms with E-state index in [1.54, 1.807) is 24.8 Å². The minimum atomic E-state index is -0.916. The zero-order valence-corrected chi connectivity index (χ0v) is 16.2. The molecule has 2 aliphatic rings. The third-order valence-corrected chi connectivity index (χ3v) is 6.60. The topological polar surface area (TPSA) is 95.2 Å². The highest BCUT2D eigenvalue weighted by molar-refractivity contribution is 6.11. The average molecular weight is 388 g/mol. The first kappa shape index (κ1) is 17.6. The van der Waals surface area contributed by atoms with E-state index >= 15 is 0 Å². The van der Waals surface area contributed by atoms with Crippen LogP contribution in [0.15, 0.2) is 48.5 Å². The van der Waals surface area contributed by atoms with E-state index in [0.717, 1.165) is 16.3 Å². The highest BCUT2D eigenvalue weighted by Crippen LogP contribution is 2.50. The van der Waals surface area contributed by atoms with E-state index in [-0.39, 0.29) is 30.8 Å². The first-order valence-corrected chi connectivity index (χ1v) is 9.52. The number of rotatable bonds is 2. The van der Waals surface area contributed by atoms with Crippen LogP contribution >= 0.6 is 0 Å². The van der Waals surface area contributed by atoms with Gasteiger partial charge in [0.2, 0.25) is 11.8 Å². The van der Waals surface area contributed by atoms with Crippen LogP contribution in [0.4, 0.5) is 0 Å². The molecule has 0 aliphatic carbocycles. The number of imide groups is 1. The Balaban J connectivity index is 1.43. The number of hydrogen-bond acceptors (Lipinski definition) is 4. The predicted molar refractivity (Wildman–Crippen MR) is 107 cm³/mol. The second-order valence-corrected chi connectivity index (χ2v) is 8.34. The van der Waals surface area contributed by atoms with Crippen molar-refractivity contribution < 1.29 is 14.4 Å². The number of nitrogens with zero attached hydrogens (tertiary/aromatic N) is 2. The predicted octanol–water partition coefficient (Wildman–Crippen LogP) is 2.35. The molecule has 2 saturated heterocycles. The molecule has 0 bridgehead atoms. The van der Waals surface area contributed by atoms with E-state index in [1.165, 1.54) is 0 Å². The van der Waals surface area contributed by atoms with Crippen molar-refractivity contribution in [3.8, 4) is 11.3 Å². The molecule has 2 atom stereocenters. The Morgan fingerprint density at radius 3 is 2.31 bits per heavy atom. The molecule has 3 amide bonds. The molecule has 2 unspecified atom stereocenters. The van der Waals surface area contributed by atoms with Crippen molar-refractivity contribution in [2.45, 2.75) is 13.8 Å². The van der Waals surface area contributed by atoms with Gasteiger partial charge in [0.15, 0.2) is 0 Å². The molecular weight excluding hydrogens is 368 g/mol. The van der Waals surface area contributed by atoms with E-state index in [0.29, 0.717) is 11.4 Å². The number of carbonyl (C=O) groups is 3. The summed E-state index contributed by atoms with van der Waals surface area (Å²) in [4.78, 5) is 39.2. The largest absolute Gasteiger partial charge is 0.335 e. The molecule has 1 aromatic heterocycles. The molecule has 3 heterocycles. The minimum absolute atomic E-state index is 0.199. The molecule has 29 heavy (non-hydrogen) atoms. The Labute approximate surface area is 167 Å². The van der Waals surface area contributed by atoms with Crippen LogP contribution in [-0.2, 0) is 9.59 Å². The highest BCUT2D eigenvalue weighted by atomic mass is 16.2. The maximum absolute atomic E-state index is 13.0. The van der Waals surface area contributed by atoms with Gasteiger partial charge in [0.05, 0.1) is 16.5 Å². The van der Waals surface area contributed by atoms with E-state index < -0.39 is 10.8 Å². The van der Waals surface area contributed by atoms with Crippen molar-refractivity contribution in [2.75, 3.05) is 13.1 Å². The first-order chi connectivity index (χ1) is 13.8. The number of H-pyrrole nitrogens is 1. The van der Waals surface area contributed by atoms with Crippen molar-refractivity contribution in [2.24, 2.45) is 10.8 Å². The minimum Gasteiger partial charge on any atom is -0.335 e. The van der Waals surface area contributed by atoms with E-state index in [2.05, 4.69) is 15.5 Å². The lowest BCUT2D eigenvalue weighted by molar-refractivity contribution is -0.128. The van der Waals surface area contributed by atoms with Gasteiger partial charge in [0, 0.05) is 18.7 Å². The molecule has 3 aromatic rings. The van der Waals surface area contributed by atoms with Gasteiger partial charge in [-0.2, -0.15) is 5.10 Å². The van der Waals surface area contributed by atoms with Gasteiger partial charge in [0.1, 0.15) is 5.69 Å². The normalized spacial score (nSPS) is 26.1. The van der Waals surface area contributed by atoms with Gasteiger partial charge < -0.3 is 4.90 Å². The van der Waals surface area contributed by atoms with Gasteiger partial charge in [0.25, 0.3) is 5.91 Å². The molecule has 146 valence electrons. The number of fused-ring (bicyclic) bond motifs is 2. The number of amides is 3. The fourth-order valence-electron chi connectivity index (χ4n) is 4.43. The molecule has 2 fully saturated rings. The third-order valence-electron chi connectivity index (χ3n) is 6.60. The number of aromatic nitrogens is 2. The Hall–Kier alpha value is -3.48. The quantitative estimate of drug-likeness (QED) is 0.659. The number of aromatic amines is 1. The van der Waals surface area contributed by atoms with Crippen molar-refractivity contribution in [1.82, 2.24) is 20.4 Å². The first-order valence-electron chi connectivity index (χ1n) is 9.52. The van der Waals surface area contributed by atoms with Gasteiger partial charge in [-0.3, -0.25) is 24.8 Å². The summed E-state index contributed by atoms with van der Waals surface area (Å²) in [5.74, 6) is -0.898. The SMILES string of the molecule is CC12CN(C(=O)c3cc(-c4ccc5ccccc5c4)n[nH]3)CC1(C)C(=O)NC2=O. The maximum atomic E-state index is 13.0. The van der Waals surface area contributed by atoms with Crippen LogP contribution < -0.4 is 5.32 Å². The summed E-state index contributed by atoms with van der Waals surface area (Å²) in [5.41, 5.74) is 0.0886. The lowest BCUT2D eigenvalue weighted by Gasteiger charge is -2.25. The van der Waals surface area contributed by atoms with Crippen LogP contribution in [0.25, 0.3) is 22.0 Å². The average Bonchev–Trinajstić information content (AvgIpc) is 3.35. The monoisotopic (exact) mass is 388 g/mol. The molecule has 5 rings (SSSR count). The molecule has 0 spiro atoms. The van der Waals surface area contributed by atoms with E-state index in [9.17, 15) is 14.4 Å². The molecule has 0 saturated carbocycles. The summed E-state index contributed by atoms with van der Waals surface area (Å²) in [5, 5.41) is 11.8. The van der Waals surface area contributed by atoms with Crippen molar-refractivity contribution in [3.05, 3.63) is 54.2 Å². The molecule has 2 aromatic carbocycles. The standard InChI is InChI=1S/C22H20N4O3/c1-21-11-26(12-22(21,2)20(29)23-19(21)28)18(27)17-10-16(24-25-17)15-8-7-13-5-3-4-6-14(13)9-15/h3-10H,11-12H2,1-2H3,(H,24,25)(H,23,28,29). The number of carbonyl (C=O) groups excluding carboxylic acids is 3. The number of benzene rings is 2. The van der Waals surface area contributed by atoms with Crippen LogP contribution in [0.3, 0.4) is 0 Å². The molecular formula is C22H20N4O3. The molecule has 7 nitrogen and oxygen atoms in total. The Kier molecular flexibility index (Phi) is 3.50. The van der Waals surface area contributed by atoms with Crippen LogP contribution in [0.2, 0.25) is 0 Å². The maximum Gasteiger partial charge on any atom is 0.271 e. The van der Waals surface area contributed by atoms with E-state index in [1.807, 2.05) is 42.5 Å². The van der Waals surface area contributed by atoms with Gasteiger partial charge in [-0.05, 0) is 36.8 Å². The van der Waals surface area contributed by atoms with Crippen molar-refractivity contribution in [1.29, 1.82) is 0 Å². The lowest BCUT2D eigenvalue weighted by atomic mass is 9.70. The molecule has 0 radical (unpaired) electrons. The van der Waals surface area contributed by atoms with Gasteiger partial charge >= 0.3 is 0 Å². The van der Waals surface area contributed by atoms with Gasteiger partial charge in [-0.15, -0.1) is 0 Å². The Morgan fingerprint density at radius 2 is 1.62 bits per heavy atom. The van der Waals surface area contributed by atoms with Crippen molar-refractivity contribution >= 4 is 28.5 Å². The summed E-state index contributed by atoms with van der Waals surface area (Å²) in [6, 6.07) is 15.8. The van der Waals surface area contributed by atoms with Crippen LogP contribution in [-0.4, -0.2) is 45.9 Å². The number of hydrogen-bond donors (Lipinski definition) is 2. The zero-order valence-electron chi connectivity index (χ0n) is 16.2. The molecule has 2 N–H and O–H groups in total. The van der Waals surface area contributed by atoms with Crippen LogP contribution in [0.1, 0.15) is 24.3 Å². The fourth-order valence-corrected chi connectivity index (χ4v) is 4.43. The summed E-state index contributed by atoms with van der Waals surface area (Å²) in [7, 11) is 0. The summed E-state index contributed by atoms with van der Waals surface area (Å²) in [6.45, 7) is 3.89. The second-order valence-electron chi connectivity index (χ2n) is 8.34. The summed E-state index contributed by atoms with van der Waals surface area (Å²) < 4.78 is 0. The van der Waals surface area contributed by atoms with Crippen LogP contribution in [0.5, 0.6) is 0 Å². The molecule has 7 heteroatoms. The molecule has 2 aliphatic heterocycles. The van der Waals surface area contributed by atoms with Gasteiger partial charge in [-0.25, -0.2) is 0 Å². The smallest absolute Gasteiger partial charge is 0.271 e. The second kappa shape index (κ2) is 5.76. The Morgan fingerprint density at radius 1 is 0.966 bits per heavy atom. The fraction of sp³-hybridized carbons (Fsp3) is 0.273.